The molecule has 1 N–H and O–H groups in total. The Morgan fingerprint density at radius 2 is 1.76 bits per heavy atom. The van der Waals surface area contributed by atoms with Gasteiger partial charge in [-0.15, -0.1) is 0 Å². The van der Waals surface area contributed by atoms with Gasteiger partial charge < -0.3 is 29.0 Å². The summed E-state index contributed by atoms with van der Waals surface area (Å²) in [5, 5.41) is 2.76. The lowest BCUT2D eigenvalue weighted by Crippen LogP contribution is -2.54. The Labute approximate surface area is 221 Å². The van der Waals surface area contributed by atoms with Crippen LogP contribution in [0.15, 0.2) is 12.4 Å². The molecule has 0 aromatic carbocycles. The molecule has 3 rings (SSSR count). The maximum absolute atomic E-state index is 13.3. The quantitative estimate of drug-likeness (QED) is 0.549. The first-order chi connectivity index (χ1) is 17.1. The summed E-state index contributed by atoms with van der Waals surface area (Å²) in [5.41, 5.74) is -0.771. The molecular formula is C26H43BN4O6. The molecule has 0 spiro atoms. The van der Waals surface area contributed by atoms with E-state index >= 15 is 0 Å². The third-order valence-electron chi connectivity index (χ3n) is 7.06. The van der Waals surface area contributed by atoms with Crippen molar-refractivity contribution in [2.45, 2.75) is 98.0 Å². The number of nitrogens with one attached hydrogen (secondary N) is 1. The van der Waals surface area contributed by atoms with Crippen LogP contribution < -0.4 is 15.5 Å². The van der Waals surface area contributed by atoms with Crippen LogP contribution in [0.3, 0.4) is 0 Å². The Morgan fingerprint density at radius 1 is 1.16 bits per heavy atom. The van der Waals surface area contributed by atoms with Crippen molar-refractivity contribution in [2.24, 2.45) is 11.8 Å². The Hall–Kier alpha value is -2.40. The molecule has 0 saturated carbocycles. The highest BCUT2D eigenvalue weighted by Gasteiger charge is 2.52. The van der Waals surface area contributed by atoms with Crippen LogP contribution in [0.5, 0.6) is 6.01 Å². The number of carbonyl (C=O) groups is 2. The third kappa shape index (κ3) is 7.57. The number of hydrogen-bond acceptors (Lipinski definition) is 8. The van der Waals surface area contributed by atoms with Crippen molar-refractivity contribution in [2.75, 3.05) is 19.7 Å². The highest BCUT2D eigenvalue weighted by molar-refractivity contribution is 6.61. The summed E-state index contributed by atoms with van der Waals surface area (Å²) in [6.45, 7) is 18.8. The number of amides is 2. The van der Waals surface area contributed by atoms with E-state index in [0.717, 1.165) is 18.3 Å². The van der Waals surface area contributed by atoms with E-state index in [0.29, 0.717) is 19.7 Å². The molecular weight excluding hydrogens is 475 g/mol. The van der Waals surface area contributed by atoms with Gasteiger partial charge in [-0.2, -0.15) is 0 Å². The lowest BCUT2D eigenvalue weighted by atomic mass is 9.81. The second kappa shape index (κ2) is 11.1. The fourth-order valence-corrected chi connectivity index (χ4v) is 4.24. The number of ether oxygens (including phenoxy) is 2. The van der Waals surface area contributed by atoms with E-state index in [1.807, 2.05) is 46.4 Å². The van der Waals surface area contributed by atoms with Crippen LogP contribution in [0.1, 0.15) is 75.2 Å². The Morgan fingerprint density at radius 3 is 2.30 bits per heavy atom. The van der Waals surface area contributed by atoms with E-state index in [1.165, 1.54) is 0 Å². The molecule has 1 aromatic heterocycles. The van der Waals surface area contributed by atoms with Crippen LogP contribution in [-0.2, 0) is 18.8 Å². The average Bonchev–Trinajstić information content (AvgIpc) is 3.01. The van der Waals surface area contributed by atoms with Crippen molar-refractivity contribution in [1.29, 1.82) is 0 Å². The van der Waals surface area contributed by atoms with Crippen molar-refractivity contribution in [3.05, 3.63) is 12.4 Å². The Balaban J connectivity index is 1.53. The topological polar surface area (TPSA) is 112 Å². The first-order valence-electron chi connectivity index (χ1n) is 13.2. The summed E-state index contributed by atoms with van der Waals surface area (Å²) >= 11 is 0. The zero-order valence-electron chi connectivity index (χ0n) is 23.8. The first-order valence-corrected chi connectivity index (χ1v) is 13.2. The van der Waals surface area contributed by atoms with Crippen molar-refractivity contribution >= 4 is 24.6 Å². The van der Waals surface area contributed by atoms with Crippen LogP contribution >= 0.6 is 0 Å². The number of nitrogens with zero attached hydrogens (tertiary/aromatic N) is 3. The average molecular weight is 518 g/mol. The van der Waals surface area contributed by atoms with E-state index in [4.69, 9.17) is 18.8 Å². The SMILES string of the molecule is CC(C)C(NC(=O)OC(C)(C)C)C(=O)N1CCCC(COc2ncc(B3OC(C)(C)C(C)(C)O3)cn2)C1. The number of piperidine rings is 1. The summed E-state index contributed by atoms with van der Waals surface area (Å²) in [4.78, 5) is 36.1. The highest BCUT2D eigenvalue weighted by atomic mass is 16.7. The number of likely N-dealkylation sites (tertiary alicyclic amines) is 1. The minimum absolute atomic E-state index is 0.0764. The fourth-order valence-electron chi connectivity index (χ4n) is 4.24. The lowest BCUT2D eigenvalue weighted by molar-refractivity contribution is -0.136. The summed E-state index contributed by atoms with van der Waals surface area (Å²) < 4.78 is 23.3. The number of hydrogen-bond donors (Lipinski definition) is 1. The molecule has 1 aromatic rings. The minimum atomic E-state index is -0.652. The standard InChI is InChI=1S/C26H43BN4O6/c1-17(2)20(30-23(33)35-24(3,4)5)21(32)31-12-10-11-18(15-31)16-34-22-28-13-19(14-29-22)27-36-25(6,7)26(8,9)37-27/h13-14,17-18,20H,10-12,15-16H2,1-9H3,(H,30,33). The molecule has 2 saturated heterocycles. The molecule has 2 aliphatic heterocycles. The van der Waals surface area contributed by atoms with Gasteiger partial charge in [-0.1, -0.05) is 13.8 Å². The van der Waals surface area contributed by atoms with Crippen LogP contribution in [0.2, 0.25) is 0 Å². The van der Waals surface area contributed by atoms with E-state index < -0.39 is 36.1 Å². The van der Waals surface area contributed by atoms with Crippen LogP contribution in [0.4, 0.5) is 4.79 Å². The maximum atomic E-state index is 13.3. The van der Waals surface area contributed by atoms with Gasteiger partial charge in [0.1, 0.15) is 11.6 Å². The summed E-state index contributed by atoms with van der Waals surface area (Å²) in [7, 11) is -0.528. The second-order valence-corrected chi connectivity index (χ2v) is 12.4. The molecule has 0 aliphatic carbocycles. The van der Waals surface area contributed by atoms with Gasteiger partial charge in [0.15, 0.2) is 0 Å². The Kier molecular flexibility index (Phi) is 8.79. The van der Waals surface area contributed by atoms with Crippen LogP contribution in [0.25, 0.3) is 0 Å². The second-order valence-electron chi connectivity index (χ2n) is 12.4. The molecule has 2 fully saturated rings. The van der Waals surface area contributed by atoms with E-state index in [2.05, 4.69) is 15.3 Å². The highest BCUT2D eigenvalue weighted by Crippen LogP contribution is 2.36. The maximum Gasteiger partial charge on any atom is 0.498 e. The van der Waals surface area contributed by atoms with Gasteiger partial charge in [-0.3, -0.25) is 4.79 Å². The summed E-state index contributed by atoms with van der Waals surface area (Å²) in [5.74, 6) is -0.0421. The third-order valence-corrected chi connectivity index (χ3v) is 7.06. The van der Waals surface area contributed by atoms with Gasteiger partial charge in [0, 0.05) is 36.9 Å². The van der Waals surface area contributed by atoms with Crippen molar-refractivity contribution < 1.29 is 28.4 Å². The zero-order chi connectivity index (χ0) is 27.6. The smallest absolute Gasteiger partial charge is 0.463 e. The predicted molar refractivity (Wildman–Crippen MR) is 141 cm³/mol. The fraction of sp³-hybridized carbons (Fsp3) is 0.769. The normalized spacial score (nSPS) is 22.1. The van der Waals surface area contributed by atoms with Gasteiger partial charge in [-0.25, -0.2) is 14.8 Å². The molecule has 0 bridgehead atoms. The first kappa shape index (κ1) is 29.2. The van der Waals surface area contributed by atoms with E-state index in [-0.39, 0.29) is 23.8 Å². The zero-order valence-corrected chi connectivity index (χ0v) is 23.8. The van der Waals surface area contributed by atoms with Gasteiger partial charge >= 0.3 is 19.2 Å². The summed E-state index contributed by atoms with van der Waals surface area (Å²) in [6.07, 6.45) is 4.53. The largest absolute Gasteiger partial charge is 0.498 e. The Bertz CT molecular complexity index is 931. The molecule has 2 aliphatic rings. The van der Waals surface area contributed by atoms with Crippen LogP contribution in [-0.4, -0.2) is 76.5 Å². The number of alkyl carbamates (subject to hydrolysis) is 1. The van der Waals surface area contributed by atoms with Gasteiger partial charge in [0.05, 0.1) is 17.8 Å². The molecule has 3 heterocycles. The van der Waals surface area contributed by atoms with Crippen molar-refractivity contribution in [3.8, 4) is 6.01 Å². The monoisotopic (exact) mass is 518 g/mol. The molecule has 2 amide bonds. The molecule has 206 valence electrons. The molecule has 0 radical (unpaired) electrons. The number of aromatic nitrogens is 2. The number of rotatable bonds is 7. The van der Waals surface area contributed by atoms with Gasteiger partial charge in [0.25, 0.3) is 0 Å². The molecule has 2 atom stereocenters. The minimum Gasteiger partial charge on any atom is -0.463 e. The van der Waals surface area contributed by atoms with Crippen LogP contribution in [0, 0.1) is 11.8 Å². The van der Waals surface area contributed by atoms with E-state index in [9.17, 15) is 9.59 Å². The van der Waals surface area contributed by atoms with E-state index in [1.54, 1.807) is 33.2 Å². The molecule has 10 nitrogen and oxygen atoms in total. The van der Waals surface area contributed by atoms with Gasteiger partial charge in [0.2, 0.25) is 5.91 Å². The predicted octanol–water partition coefficient (Wildman–Crippen LogP) is 2.94. The lowest BCUT2D eigenvalue weighted by Gasteiger charge is -2.36. The van der Waals surface area contributed by atoms with Crippen molar-refractivity contribution in [3.63, 3.8) is 0 Å². The summed E-state index contributed by atoms with van der Waals surface area (Å²) in [6, 6.07) is -0.379. The molecule has 37 heavy (non-hydrogen) atoms. The molecule has 2 unspecified atom stereocenters. The molecule has 11 heteroatoms. The van der Waals surface area contributed by atoms with Gasteiger partial charge in [-0.05, 0) is 67.2 Å². The number of carbonyl (C=O) groups excluding carboxylic acids is 2. The van der Waals surface area contributed by atoms with Crippen molar-refractivity contribution in [1.82, 2.24) is 20.2 Å².